The predicted molar refractivity (Wildman–Crippen MR) is 101 cm³/mol. The van der Waals surface area contributed by atoms with Crippen LogP contribution < -0.4 is 5.32 Å². The van der Waals surface area contributed by atoms with Crippen LogP contribution in [0.3, 0.4) is 0 Å². The van der Waals surface area contributed by atoms with E-state index in [1.165, 1.54) is 6.08 Å². The summed E-state index contributed by atoms with van der Waals surface area (Å²) in [4.78, 5) is 12.9. The second-order valence-electron chi connectivity index (χ2n) is 4.59. The summed E-state index contributed by atoms with van der Waals surface area (Å²) in [5.41, 5.74) is 0.752. The molecule has 0 fully saturated rings. The van der Waals surface area contributed by atoms with E-state index in [0.29, 0.717) is 21.6 Å². The van der Waals surface area contributed by atoms with E-state index in [9.17, 15) is 4.79 Å². The average Bonchev–Trinajstić information content (AvgIpc) is 2.52. The molecular formula is C17H14Cl3NOS. The molecule has 0 bridgehead atoms. The van der Waals surface area contributed by atoms with Gasteiger partial charge in [0.05, 0.1) is 0 Å². The molecular weight excluding hydrogens is 373 g/mol. The van der Waals surface area contributed by atoms with Crippen LogP contribution in [0.2, 0.25) is 15.1 Å². The Morgan fingerprint density at radius 2 is 1.74 bits per heavy atom. The molecule has 2 nitrogen and oxygen atoms in total. The van der Waals surface area contributed by atoms with E-state index in [1.807, 2.05) is 24.3 Å². The van der Waals surface area contributed by atoms with Crippen LogP contribution in [0.15, 0.2) is 53.4 Å². The molecule has 1 amide bonds. The fourth-order valence-electron chi connectivity index (χ4n) is 1.73. The maximum atomic E-state index is 11.8. The van der Waals surface area contributed by atoms with Crippen LogP contribution in [0.5, 0.6) is 0 Å². The Kier molecular flexibility index (Phi) is 7.31. The normalized spacial score (nSPS) is 10.9. The molecule has 0 aliphatic rings. The van der Waals surface area contributed by atoms with E-state index in [0.717, 1.165) is 16.2 Å². The Hall–Kier alpha value is -1.13. The van der Waals surface area contributed by atoms with Crippen molar-refractivity contribution in [2.75, 3.05) is 12.3 Å². The van der Waals surface area contributed by atoms with Crippen LogP contribution >= 0.6 is 46.6 Å². The van der Waals surface area contributed by atoms with Crippen molar-refractivity contribution < 1.29 is 4.79 Å². The standard InChI is InChI=1S/C17H14Cl3NOS/c18-13-4-6-15(7-5-13)23-10-9-21-17(22)8-2-12-1-3-14(19)11-16(12)20/h1-8,11H,9-10H2,(H,21,22)/b8-2+. The Balaban J connectivity index is 1.74. The van der Waals surface area contributed by atoms with Crippen molar-refractivity contribution in [2.24, 2.45) is 0 Å². The molecule has 0 aliphatic carbocycles. The third-order valence-corrected chi connectivity index (χ3v) is 4.69. The van der Waals surface area contributed by atoms with Crippen LogP contribution in [-0.2, 0) is 4.79 Å². The van der Waals surface area contributed by atoms with Crippen molar-refractivity contribution in [3.05, 3.63) is 69.2 Å². The topological polar surface area (TPSA) is 29.1 Å². The third-order valence-electron chi connectivity index (χ3n) is 2.86. The van der Waals surface area contributed by atoms with Gasteiger partial charge in [-0.15, -0.1) is 11.8 Å². The van der Waals surface area contributed by atoms with Gasteiger partial charge in [0.2, 0.25) is 5.91 Å². The Labute approximate surface area is 154 Å². The number of nitrogens with one attached hydrogen (secondary N) is 1. The molecule has 0 aliphatic heterocycles. The molecule has 0 radical (unpaired) electrons. The number of amides is 1. The van der Waals surface area contributed by atoms with E-state index in [1.54, 1.807) is 36.0 Å². The summed E-state index contributed by atoms with van der Waals surface area (Å²) in [5.74, 6) is 0.621. The summed E-state index contributed by atoms with van der Waals surface area (Å²) in [6, 6.07) is 12.7. The van der Waals surface area contributed by atoms with Crippen molar-refractivity contribution in [1.82, 2.24) is 5.32 Å². The summed E-state index contributed by atoms with van der Waals surface area (Å²) in [7, 11) is 0. The smallest absolute Gasteiger partial charge is 0.244 e. The molecule has 0 aromatic heterocycles. The molecule has 23 heavy (non-hydrogen) atoms. The first-order chi connectivity index (χ1) is 11.0. The first kappa shape index (κ1) is 18.2. The van der Waals surface area contributed by atoms with Crippen molar-refractivity contribution in [2.45, 2.75) is 4.90 Å². The lowest BCUT2D eigenvalue weighted by Gasteiger charge is -2.03. The van der Waals surface area contributed by atoms with Crippen LogP contribution in [0.25, 0.3) is 6.08 Å². The monoisotopic (exact) mass is 385 g/mol. The van der Waals surface area contributed by atoms with Gasteiger partial charge in [0, 0.05) is 38.3 Å². The van der Waals surface area contributed by atoms with Gasteiger partial charge in [-0.05, 0) is 48.0 Å². The largest absolute Gasteiger partial charge is 0.352 e. The molecule has 0 spiro atoms. The van der Waals surface area contributed by atoms with Gasteiger partial charge in [0.15, 0.2) is 0 Å². The number of benzene rings is 2. The summed E-state index contributed by atoms with van der Waals surface area (Å²) in [6.07, 6.45) is 3.13. The number of hydrogen-bond acceptors (Lipinski definition) is 2. The highest BCUT2D eigenvalue weighted by Crippen LogP contribution is 2.22. The fourth-order valence-corrected chi connectivity index (χ4v) is 3.10. The summed E-state index contributed by atoms with van der Waals surface area (Å²) in [5, 5.41) is 4.62. The van der Waals surface area contributed by atoms with Gasteiger partial charge < -0.3 is 5.32 Å². The lowest BCUT2D eigenvalue weighted by molar-refractivity contribution is -0.116. The number of halogens is 3. The number of rotatable bonds is 6. The van der Waals surface area contributed by atoms with Crippen molar-refractivity contribution in [1.29, 1.82) is 0 Å². The summed E-state index contributed by atoms with van der Waals surface area (Å²) >= 11 is 19.3. The number of thioether (sulfide) groups is 1. The maximum Gasteiger partial charge on any atom is 0.244 e. The number of carbonyl (C=O) groups excluding carboxylic acids is 1. The molecule has 120 valence electrons. The SMILES string of the molecule is O=C(/C=C/c1ccc(Cl)cc1Cl)NCCSc1ccc(Cl)cc1. The van der Waals surface area contributed by atoms with Crippen molar-refractivity contribution in [3.63, 3.8) is 0 Å². The second-order valence-corrected chi connectivity index (χ2v) is 7.04. The van der Waals surface area contributed by atoms with Crippen molar-refractivity contribution in [3.8, 4) is 0 Å². The quantitative estimate of drug-likeness (QED) is 0.399. The summed E-state index contributed by atoms with van der Waals surface area (Å²) in [6.45, 7) is 0.574. The summed E-state index contributed by atoms with van der Waals surface area (Å²) < 4.78 is 0. The van der Waals surface area contributed by atoms with E-state index < -0.39 is 0 Å². The van der Waals surface area contributed by atoms with Gasteiger partial charge in [-0.25, -0.2) is 0 Å². The second kappa shape index (κ2) is 9.24. The van der Waals surface area contributed by atoms with E-state index in [2.05, 4.69) is 5.32 Å². The highest BCUT2D eigenvalue weighted by molar-refractivity contribution is 7.99. The molecule has 0 atom stereocenters. The van der Waals surface area contributed by atoms with Gasteiger partial charge in [0.25, 0.3) is 0 Å². The average molecular weight is 387 g/mol. The molecule has 1 N–H and O–H groups in total. The van der Waals surface area contributed by atoms with Crippen LogP contribution in [0, 0.1) is 0 Å². The predicted octanol–water partition coefficient (Wildman–Crippen LogP) is 5.57. The van der Waals surface area contributed by atoms with E-state index in [4.69, 9.17) is 34.8 Å². The Morgan fingerprint density at radius 1 is 1.04 bits per heavy atom. The van der Waals surface area contributed by atoms with E-state index in [-0.39, 0.29) is 5.91 Å². The Morgan fingerprint density at radius 3 is 2.43 bits per heavy atom. The zero-order valence-electron chi connectivity index (χ0n) is 12.1. The van der Waals surface area contributed by atoms with Crippen LogP contribution in [0.4, 0.5) is 0 Å². The number of carbonyl (C=O) groups is 1. The first-order valence-electron chi connectivity index (χ1n) is 6.84. The van der Waals surface area contributed by atoms with Gasteiger partial charge in [0.1, 0.15) is 0 Å². The lowest BCUT2D eigenvalue weighted by Crippen LogP contribution is -2.23. The Bertz CT molecular complexity index is 701. The van der Waals surface area contributed by atoms with Crippen LogP contribution in [0.1, 0.15) is 5.56 Å². The molecule has 2 rings (SSSR count). The first-order valence-corrected chi connectivity index (χ1v) is 8.96. The fraction of sp³-hybridized carbons (Fsp3) is 0.118. The van der Waals surface area contributed by atoms with E-state index >= 15 is 0 Å². The molecule has 0 saturated heterocycles. The van der Waals surface area contributed by atoms with Gasteiger partial charge in [-0.3, -0.25) is 4.79 Å². The lowest BCUT2D eigenvalue weighted by atomic mass is 10.2. The molecule has 6 heteroatoms. The highest BCUT2D eigenvalue weighted by Gasteiger charge is 2.00. The number of hydrogen-bond donors (Lipinski definition) is 1. The minimum absolute atomic E-state index is 0.160. The maximum absolute atomic E-state index is 11.8. The van der Waals surface area contributed by atoms with Crippen molar-refractivity contribution >= 4 is 58.5 Å². The zero-order valence-corrected chi connectivity index (χ0v) is 15.1. The zero-order chi connectivity index (χ0) is 16.7. The minimum atomic E-state index is -0.160. The molecule has 0 saturated carbocycles. The molecule has 0 unspecified atom stereocenters. The van der Waals surface area contributed by atoms with Crippen LogP contribution in [-0.4, -0.2) is 18.2 Å². The molecule has 2 aromatic carbocycles. The van der Waals surface area contributed by atoms with Gasteiger partial charge >= 0.3 is 0 Å². The molecule has 2 aromatic rings. The van der Waals surface area contributed by atoms with Gasteiger partial charge in [-0.1, -0.05) is 40.9 Å². The third kappa shape index (κ3) is 6.48. The minimum Gasteiger partial charge on any atom is -0.352 e. The highest BCUT2D eigenvalue weighted by atomic mass is 35.5. The molecule has 0 heterocycles. The van der Waals surface area contributed by atoms with Gasteiger partial charge in [-0.2, -0.15) is 0 Å².